The Labute approximate surface area is 152 Å². The average molecular weight is 341 g/mol. The van der Waals surface area contributed by atoms with Gasteiger partial charge in [-0.3, -0.25) is 4.79 Å². The van der Waals surface area contributed by atoms with Gasteiger partial charge in [-0.1, -0.05) is 91.0 Å². The van der Waals surface area contributed by atoms with E-state index in [1.807, 2.05) is 78.9 Å². The second-order valence-corrected chi connectivity index (χ2v) is 6.40. The van der Waals surface area contributed by atoms with Crippen LogP contribution in [0.1, 0.15) is 16.7 Å². The summed E-state index contributed by atoms with van der Waals surface area (Å²) in [5.41, 5.74) is 1.57. The van der Waals surface area contributed by atoms with E-state index in [9.17, 15) is 9.90 Å². The number of aliphatic hydroxyl groups is 1. The van der Waals surface area contributed by atoms with Gasteiger partial charge in [-0.05, 0) is 22.8 Å². The Balaban J connectivity index is 1.80. The normalized spacial score (nSPS) is 19.5. The third-order valence-electron chi connectivity index (χ3n) is 4.67. The summed E-state index contributed by atoms with van der Waals surface area (Å²) in [7, 11) is 0. The van der Waals surface area contributed by atoms with Gasteiger partial charge in [0, 0.05) is 0 Å². The molecular weight excluding hydrogens is 322 g/mol. The fourth-order valence-corrected chi connectivity index (χ4v) is 3.32. The van der Waals surface area contributed by atoms with Gasteiger partial charge in [-0.25, -0.2) is 0 Å². The van der Waals surface area contributed by atoms with Gasteiger partial charge < -0.3 is 10.0 Å². The lowest BCUT2D eigenvalue weighted by atomic mass is 9.94. The summed E-state index contributed by atoms with van der Waals surface area (Å²) in [5.74, 6) is -0.327. The highest BCUT2D eigenvalue weighted by Crippen LogP contribution is 2.39. The SMILES string of the molecule is O=C1N(Cc2ccccc2)C(c2ccccc2)=CC1(O)c1ccccc1. The lowest BCUT2D eigenvalue weighted by Crippen LogP contribution is -2.38. The van der Waals surface area contributed by atoms with Crippen molar-refractivity contribution < 1.29 is 9.90 Å². The molecule has 0 fully saturated rings. The summed E-state index contributed by atoms with van der Waals surface area (Å²) < 4.78 is 0. The molecule has 26 heavy (non-hydrogen) atoms. The predicted octanol–water partition coefficient (Wildman–Crippen LogP) is 3.96. The topological polar surface area (TPSA) is 40.5 Å². The minimum Gasteiger partial charge on any atom is -0.372 e. The van der Waals surface area contributed by atoms with Crippen LogP contribution in [0.2, 0.25) is 0 Å². The molecule has 3 aromatic carbocycles. The van der Waals surface area contributed by atoms with Crippen LogP contribution in [0.25, 0.3) is 5.70 Å². The molecule has 4 rings (SSSR count). The van der Waals surface area contributed by atoms with Crippen LogP contribution in [0.4, 0.5) is 0 Å². The highest BCUT2D eigenvalue weighted by Gasteiger charge is 2.46. The van der Waals surface area contributed by atoms with E-state index in [1.165, 1.54) is 0 Å². The summed E-state index contributed by atoms with van der Waals surface area (Å²) in [5, 5.41) is 11.2. The van der Waals surface area contributed by atoms with E-state index in [1.54, 1.807) is 23.1 Å². The van der Waals surface area contributed by atoms with Gasteiger partial charge in [-0.15, -0.1) is 0 Å². The zero-order valence-electron chi connectivity index (χ0n) is 14.2. The van der Waals surface area contributed by atoms with Crippen LogP contribution in [-0.2, 0) is 16.9 Å². The quantitative estimate of drug-likeness (QED) is 0.780. The highest BCUT2D eigenvalue weighted by atomic mass is 16.3. The Morgan fingerprint density at radius 3 is 1.92 bits per heavy atom. The largest absolute Gasteiger partial charge is 0.372 e. The van der Waals surface area contributed by atoms with E-state index < -0.39 is 5.60 Å². The maximum atomic E-state index is 13.2. The second kappa shape index (κ2) is 6.62. The predicted molar refractivity (Wildman–Crippen MR) is 102 cm³/mol. The molecule has 3 nitrogen and oxygen atoms in total. The summed E-state index contributed by atoms with van der Waals surface area (Å²) in [6, 6.07) is 28.6. The number of carbonyl (C=O) groups is 1. The molecule has 3 aromatic rings. The van der Waals surface area contributed by atoms with Crippen molar-refractivity contribution in [3.05, 3.63) is 114 Å². The number of nitrogens with zero attached hydrogens (tertiary/aromatic N) is 1. The fourth-order valence-electron chi connectivity index (χ4n) is 3.32. The van der Waals surface area contributed by atoms with Crippen molar-refractivity contribution in [2.45, 2.75) is 12.1 Å². The van der Waals surface area contributed by atoms with Crippen molar-refractivity contribution in [1.29, 1.82) is 0 Å². The molecule has 0 aromatic heterocycles. The first kappa shape index (κ1) is 16.3. The minimum absolute atomic E-state index is 0.327. The molecule has 0 spiro atoms. The summed E-state index contributed by atoms with van der Waals surface area (Å²) >= 11 is 0. The van der Waals surface area contributed by atoms with Crippen molar-refractivity contribution in [1.82, 2.24) is 4.90 Å². The van der Waals surface area contributed by atoms with Crippen molar-refractivity contribution in [2.75, 3.05) is 0 Å². The van der Waals surface area contributed by atoms with Gasteiger partial charge in [0.1, 0.15) is 0 Å². The Bertz CT molecular complexity index is 936. The molecule has 3 heteroatoms. The van der Waals surface area contributed by atoms with E-state index >= 15 is 0 Å². The molecule has 1 atom stereocenters. The molecular formula is C23H19NO2. The molecule has 0 saturated carbocycles. The van der Waals surface area contributed by atoms with E-state index in [0.29, 0.717) is 12.1 Å². The van der Waals surface area contributed by atoms with E-state index in [-0.39, 0.29) is 5.91 Å². The number of rotatable bonds is 4. The first-order chi connectivity index (χ1) is 12.7. The van der Waals surface area contributed by atoms with Crippen LogP contribution in [-0.4, -0.2) is 15.9 Å². The molecule has 1 unspecified atom stereocenters. The van der Waals surface area contributed by atoms with Crippen molar-refractivity contribution >= 4 is 11.6 Å². The molecule has 1 heterocycles. The van der Waals surface area contributed by atoms with Crippen molar-refractivity contribution in [2.24, 2.45) is 0 Å². The number of carbonyl (C=O) groups excluding carboxylic acids is 1. The van der Waals surface area contributed by atoms with Crippen LogP contribution < -0.4 is 0 Å². The first-order valence-electron chi connectivity index (χ1n) is 8.60. The van der Waals surface area contributed by atoms with Crippen molar-refractivity contribution in [3.63, 3.8) is 0 Å². The molecule has 1 amide bonds. The summed E-state index contributed by atoms with van der Waals surface area (Å²) in [4.78, 5) is 14.9. The van der Waals surface area contributed by atoms with Crippen LogP contribution in [0.15, 0.2) is 97.1 Å². The minimum atomic E-state index is -1.65. The van der Waals surface area contributed by atoms with Crippen LogP contribution >= 0.6 is 0 Å². The van der Waals surface area contributed by atoms with E-state index in [0.717, 1.165) is 16.8 Å². The molecule has 0 saturated heterocycles. The van der Waals surface area contributed by atoms with Gasteiger partial charge in [0.05, 0.1) is 12.2 Å². The van der Waals surface area contributed by atoms with E-state index in [4.69, 9.17) is 0 Å². The van der Waals surface area contributed by atoms with E-state index in [2.05, 4.69) is 0 Å². The smallest absolute Gasteiger partial charge is 0.268 e. The van der Waals surface area contributed by atoms with Crippen LogP contribution in [0.5, 0.6) is 0 Å². The number of amides is 1. The Morgan fingerprint density at radius 1 is 0.769 bits per heavy atom. The molecule has 0 bridgehead atoms. The number of hydrogen-bond acceptors (Lipinski definition) is 2. The fraction of sp³-hybridized carbons (Fsp3) is 0.0870. The third-order valence-corrected chi connectivity index (χ3v) is 4.67. The van der Waals surface area contributed by atoms with Gasteiger partial charge in [0.25, 0.3) is 5.91 Å². The second-order valence-electron chi connectivity index (χ2n) is 6.40. The number of hydrogen-bond donors (Lipinski definition) is 1. The standard InChI is InChI=1S/C23H19NO2/c25-22-23(26,20-14-8-3-9-15-20)16-21(19-12-6-2-7-13-19)24(22)17-18-10-4-1-5-11-18/h1-16,26H,17H2. The molecule has 1 aliphatic rings. The van der Waals surface area contributed by atoms with Gasteiger partial charge in [0.2, 0.25) is 0 Å². The molecule has 1 N–H and O–H groups in total. The first-order valence-corrected chi connectivity index (χ1v) is 8.60. The lowest BCUT2D eigenvalue weighted by Gasteiger charge is -2.25. The molecule has 128 valence electrons. The lowest BCUT2D eigenvalue weighted by molar-refractivity contribution is -0.142. The Hall–Kier alpha value is -3.17. The van der Waals surface area contributed by atoms with Crippen LogP contribution in [0, 0.1) is 0 Å². The Kier molecular flexibility index (Phi) is 4.15. The highest BCUT2D eigenvalue weighted by molar-refractivity contribution is 6.01. The zero-order chi connectivity index (χ0) is 18.0. The summed E-state index contributed by atoms with van der Waals surface area (Å²) in [6.45, 7) is 0.412. The third kappa shape index (κ3) is 2.83. The van der Waals surface area contributed by atoms with Crippen molar-refractivity contribution in [3.8, 4) is 0 Å². The van der Waals surface area contributed by atoms with Crippen LogP contribution in [0.3, 0.4) is 0 Å². The maximum Gasteiger partial charge on any atom is 0.268 e. The molecule has 1 aliphatic heterocycles. The Morgan fingerprint density at radius 2 is 1.31 bits per heavy atom. The van der Waals surface area contributed by atoms with Gasteiger partial charge in [-0.2, -0.15) is 0 Å². The maximum absolute atomic E-state index is 13.2. The number of benzene rings is 3. The average Bonchev–Trinajstić information content (AvgIpc) is 2.96. The monoisotopic (exact) mass is 341 g/mol. The molecule has 0 aliphatic carbocycles. The summed E-state index contributed by atoms with van der Waals surface area (Å²) in [6.07, 6.45) is 1.67. The molecule has 0 radical (unpaired) electrons. The zero-order valence-corrected chi connectivity index (χ0v) is 14.2. The van der Waals surface area contributed by atoms with Gasteiger partial charge in [0.15, 0.2) is 5.60 Å². The van der Waals surface area contributed by atoms with Gasteiger partial charge >= 0.3 is 0 Å².